The van der Waals surface area contributed by atoms with Gasteiger partial charge in [0.2, 0.25) is 0 Å². The minimum Gasteiger partial charge on any atom is -0.397 e. The Morgan fingerprint density at radius 2 is 2.31 bits per heavy atom. The third kappa shape index (κ3) is 2.93. The summed E-state index contributed by atoms with van der Waals surface area (Å²) in [5.74, 6) is 0.848. The van der Waals surface area contributed by atoms with Gasteiger partial charge in [0, 0.05) is 18.3 Å². The molecule has 2 aromatic rings. The molecule has 84 valence electrons. The molecule has 0 aliphatic heterocycles. The first-order valence-electron chi connectivity index (χ1n) is 5.10. The monoisotopic (exact) mass is 234 g/mol. The molecule has 0 unspecified atom stereocenters. The van der Waals surface area contributed by atoms with E-state index in [4.69, 9.17) is 5.73 Å². The number of nitrogen functional groups attached to an aromatic ring is 1. The van der Waals surface area contributed by atoms with Crippen LogP contribution < -0.4 is 11.1 Å². The largest absolute Gasteiger partial charge is 0.397 e. The van der Waals surface area contributed by atoms with Gasteiger partial charge < -0.3 is 11.1 Å². The molecule has 3 N–H and O–H groups in total. The number of thiazole rings is 1. The highest BCUT2D eigenvalue weighted by Crippen LogP contribution is 2.09. The second-order valence-corrected chi connectivity index (χ2v) is 4.57. The van der Waals surface area contributed by atoms with Gasteiger partial charge in [-0.05, 0) is 19.1 Å². The maximum absolute atomic E-state index is 5.55. The highest BCUT2D eigenvalue weighted by Gasteiger charge is 1.98. The molecule has 0 aliphatic rings. The molecule has 2 aromatic heterocycles. The van der Waals surface area contributed by atoms with Crippen LogP contribution in [0.2, 0.25) is 0 Å². The summed E-state index contributed by atoms with van der Waals surface area (Å²) < 4.78 is 0. The number of nitrogens with zero attached hydrogens (tertiary/aromatic N) is 2. The lowest BCUT2D eigenvalue weighted by molar-refractivity contribution is 0.961. The summed E-state index contributed by atoms with van der Waals surface area (Å²) in [4.78, 5) is 8.55. The maximum atomic E-state index is 5.55. The normalized spacial score (nSPS) is 10.3. The van der Waals surface area contributed by atoms with Crippen molar-refractivity contribution >= 4 is 22.8 Å². The fourth-order valence-corrected chi connectivity index (χ4v) is 2.00. The van der Waals surface area contributed by atoms with E-state index in [-0.39, 0.29) is 0 Å². The van der Waals surface area contributed by atoms with Crippen LogP contribution in [0.1, 0.15) is 10.7 Å². The van der Waals surface area contributed by atoms with Crippen LogP contribution in [0.4, 0.5) is 11.5 Å². The average Bonchev–Trinajstić information content (AvgIpc) is 2.67. The molecule has 2 heterocycles. The highest BCUT2D eigenvalue weighted by molar-refractivity contribution is 7.09. The molecule has 0 fully saturated rings. The smallest absolute Gasteiger partial charge is 0.126 e. The fraction of sp³-hybridized carbons (Fsp3) is 0.273. The number of pyridine rings is 1. The van der Waals surface area contributed by atoms with Gasteiger partial charge in [0.25, 0.3) is 0 Å². The Bertz CT molecular complexity index is 449. The number of anilines is 2. The number of hydrogen-bond acceptors (Lipinski definition) is 5. The van der Waals surface area contributed by atoms with Crippen molar-refractivity contribution in [1.82, 2.24) is 9.97 Å². The molecule has 0 aromatic carbocycles. The van der Waals surface area contributed by atoms with E-state index in [1.807, 2.05) is 19.1 Å². The Morgan fingerprint density at radius 1 is 1.44 bits per heavy atom. The Balaban J connectivity index is 1.82. The zero-order valence-corrected chi connectivity index (χ0v) is 9.92. The van der Waals surface area contributed by atoms with Crippen molar-refractivity contribution in [2.45, 2.75) is 13.3 Å². The SMILES string of the molecule is Cc1nc(CCNc2ccc(N)cn2)cs1. The van der Waals surface area contributed by atoms with Crippen molar-refractivity contribution in [2.75, 3.05) is 17.6 Å². The molecule has 0 saturated heterocycles. The molecule has 16 heavy (non-hydrogen) atoms. The molecule has 0 spiro atoms. The summed E-state index contributed by atoms with van der Waals surface area (Å²) >= 11 is 1.68. The van der Waals surface area contributed by atoms with Crippen LogP contribution in [-0.2, 0) is 6.42 Å². The second kappa shape index (κ2) is 4.94. The van der Waals surface area contributed by atoms with Gasteiger partial charge in [0.1, 0.15) is 5.82 Å². The molecular weight excluding hydrogens is 220 g/mol. The molecule has 0 saturated carbocycles. The van der Waals surface area contributed by atoms with E-state index in [2.05, 4.69) is 20.7 Å². The first-order valence-corrected chi connectivity index (χ1v) is 5.98. The first-order chi connectivity index (χ1) is 7.74. The van der Waals surface area contributed by atoms with Crippen LogP contribution in [0.3, 0.4) is 0 Å². The van der Waals surface area contributed by atoms with Gasteiger partial charge in [-0.2, -0.15) is 0 Å². The van der Waals surface area contributed by atoms with E-state index in [1.165, 1.54) is 0 Å². The Labute approximate surface area is 98.6 Å². The second-order valence-electron chi connectivity index (χ2n) is 3.51. The van der Waals surface area contributed by atoms with Gasteiger partial charge in [-0.25, -0.2) is 9.97 Å². The van der Waals surface area contributed by atoms with Crippen LogP contribution in [0.25, 0.3) is 0 Å². The lowest BCUT2D eigenvalue weighted by Crippen LogP contribution is -2.06. The maximum Gasteiger partial charge on any atom is 0.126 e. The number of hydrogen-bond donors (Lipinski definition) is 2. The predicted molar refractivity (Wildman–Crippen MR) is 67.7 cm³/mol. The highest BCUT2D eigenvalue weighted by atomic mass is 32.1. The third-order valence-corrected chi connectivity index (χ3v) is 2.96. The van der Waals surface area contributed by atoms with Gasteiger partial charge in [0.15, 0.2) is 0 Å². The lowest BCUT2D eigenvalue weighted by atomic mass is 10.3. The minimum atomic E-state index is 0.681. The summed E-state index contributed by atoms with van der Waals surface area (Å²) in [6.45, 7) is 2.85. The fourth-order valence-electron chi connectivity index (χ4n) is 1.35. The number of rotatable bonds is 4. The summed E-state index contributed by atoms with van der Waals surface area (Å²) in [5.41, 5.74) is 7.36. The van der Waals surface area contributed by atoms with Gasteiger partial charge in [-0.15, -0.1) is 11.3 Å². The van der Waals surface area contributed by atoms with E-state index in [9.17, 15) is 0 Å². The Kier molecular flexibility index (Phi) is 3.36. The Hall–Kier alpha value is -1.62. The molecule has 4 nitrogen and oxygen atoms in total. The van der Waals surface area contributed by atoms with E-state index < -0.39 is 0 Å². The van der Waals surface area contributed by atoms with E-state index in [1.54, 1.807) is 17.5 Å². The van der Waals surface area contributed by atoms with Gasteiger partial charge in [-0.1, -0.05) is 0 Å². The van der Waals surface area contributed by atoms with Gasteiger partial charge >= 0.3 is 0 Å². The third-order valence-electron chi connectivity index (χ3n) is 2.14. The summed E-state index contributed by atoms with van der Waals surface area (Å²) in [6.07, 6.45) is 2.56. The predicted octanol–water partition coefficient (Wildman–Crippen LogP) is 2.08. The van der Waals surface area contributed by atoms with E-state index in [0.29, 0.717) is 5.69 Å². The van der Waals surface area contributed by atoms with E-state index in [0.717, 1.165) is 29.5 Å². The lowest BCUT2D eigenvalue weighted by Gasteiger charge is -2.03. The molecule has 5 heteroatoms. The standard InChI is InChI=1S/C11H14N4S/c1-8-15-10(7-16-8)4-5-13-11-3-2-9(12)6-14-11/h2-3,6-7H,4-5,12H2,1H3,(H,13,14). The van der Waals surface area contributed by atoms with Crippen LogP contribution in [0, 0.1) is 6.92 Å². The van der Waals surface area contributed by atoms with Crippen molar-refractivity contribution in [3.05, 3.63) is 34.4 Å². The molecule has 0 bridgehead atoms. The molecule has 0 atom stereocenters. The Morgan fingerprint density at radius 3 is 2.94 bits per heavy atom. The summed E-state index contributed by atoms with van der Waals surface area (Å²) in [7, 11) is 0. The zero-order valence-electron chi connectivity index (χ0n) is 9.10. The molecular formula is C11H14N4S. The molecule has 0 radical (unpaired) electrons. The van der Waals surface area contributed by atoms with Crippen LogP contribution in [0.5, 0.6) is 0 Å². The van der Waals surface area contributed by atoms with Crippen molar-refractivity contribution in [3.63, 3.8) is 0 Å². The molecule has 0 aliphatic carbocycles. The van der Waals surface area contributed by atoms with Gasteiger partial charge in [0.05, 0.1) is 22.6 Å². The van der Waals surface area contributed by atoms with Crippen molar-refractivity contribution in [2.24, 2.45) is 0 Å². The van der Waals surface area contributed by atoms with Crippen LogP contribution in [0.15, 0.2) is 23.7 Å². The van der Waals surface area contributed by atoms with Gasteiger partial charge in [-0.3, -0.25) is 0 Å². The van der Waals surface area contributed by atoms with Crippen LogP contribution in [-0.4, -0.2) is 16.5 Å². The van der Waals surface area contributed by atoms with Crippen molar-refractivity contribution < 1.29 is 0 Å². The summed E-state index contributed by atoms with van der Waals surface area (Å²) in [5, 5.41) is 6.43. The number of aromatic nitrogens is 2. The number of nitrogens with one attached hydrogen (secondary N) is 1. The number of aryl methyl sites for hydroxylation is 1. The average molecular weight is 234 g/mol. The van der Waals surface area contributed by atoms with Crippen LogP contribution >= 0.6 is 11.3 Å². The first kappa shape index (κ1) is 10.9. The van der Waals surface area contributed by atoms with E-state index >= 15 is 0 Å². The molecule has 2 rings (SSSR count). The van der Waals surface area contributed by atoms with Crippen molar-refractivity contribution in [3.8, 4) is 0 Å². The number of nitrogens with two attached hydrogens (primary N) is 1. The minimum absolute atomic E-state index is 0.681. The van der Waals surface area contributed by atoms with Crippen molar-refractivity contribution in [1.29, 1.82) is 0 Å². The molecule has 0 amide bonds. The topological polar surface area (TPSA) is 63.8 Å². The quantitative estimate of drug-likeness (QED) is 0.850. The summed E-state index contributed by atoms with van der Waals surface area (Å²) in [6, 6.07) is 3.71. The zero-order chi connectivity index (χ0) is 11.4.